The summed E-state index contributed by atoms with van der Waals surface area (Å²) in [4.78, 5) is 13.0. The van der Waals surface area contributed by atoms with Crippen LogP contribution < -0.4 is 10.6 Å². The van der Waals surface area contributed by atoms with Crippen molar-refractivity contribution in [1.29, 1.82) is 0 Å². The van der Waals surface area contributed by atoms with Crippen molar-refractivity contribution >= 4 is 22.4 Å². The van der Waals surface area contributed by atoms with Crippen LogP contribution in [-0.2, 0) is 4.79 Å². The van der Waals surface area contributed by atoms with Crippen LogP contribution in [0.1, 0.15) is 45.4 Å². The lowest BCUT2D eigenvalue weighted by Gasteiger charge is -2.57. The van der Waals surface area contributed by atoms with Crippen LogP contribution in [0.5, 0.6) is 0 Å². The van der Waals surface area contributed by atoms with Crippen molar-refractivity contribution in [3.63, 3.8) is 0 Å². The van der Waals surface area contributed by atoms with Gasteiger partial charge < -0.3 is 10.6 Å². The minimum atomic E-state index is -0.228. The maximum atomic E-state index is 13.0. The summed E-state index contributed by atoms with van der Waals surface area (Å²) in [5.41, 5.74) is 1.12. The molecule has 6 rings (SSSR count). The van der Waals surface area contributed by atoms with Crippen LogP contribution in [0.25, 0.3) is 10.8 Å². The van der Waals surface area contributed by atoms with Gasteiger partial charge in [0.15, 0.2) is 0 Å². The van der Waals surface area contributed by atoms with Gasteiger partial charge in [0, 0.05) is 16.6 Å². The molecule has 1 amide bonds. The number of nitrogens with one attached hydrogen (secondary N) is 2. The van der Waals surface area contributed by atoms with Crippen LogP contribution in [0.3, 0.4) is 0 Å². The normalized spacial score (nSPS) is 33.2. The Hall–Kier alpha value is -2.03. The number of anilines is 1. The van der Waals surface area contributed by atoms with Gasteiger partial charge >= 0.3 is 0 Å². The summed E-state index contributed by atoms with van der Waals surface area (Å²) in [7, 11) is 0. The molecule has 0 heterocycles. The summed E-state index contributed by atoms with van der Waals surface area (Å²) in [5, 5.41) is 9.32. The van der Waals surface area contributed by atoms with Gasteiger partial charge in [-0.25, -0.2) is 0 Å². The molecule has 4 bridgehead atoms. The molecular weight excluding hydrogens is 320 g/mol. The Morgan fingerprint density at radius 3 is 2.27 bits per heavy atom. The molecule has 136 valence electrons. The van der Waals surface area contributed by atoms with Gasteiger partial charge in [-0.05, 0) is 74.7 Å². The summed E-state index contributed by atoms with van der Waals surface area (Å²) in [6.45, 7) is 1.98. The smallest absolute Gasteiger partial charge is 0.242 e. The number of benzene rings is 2. The summed E-state index contributed by atoms with van der Waals surface area (Å²) < 4.78 is 0. The molecule has 4 saturated carbocycles. The van der Waals surface area contributed by atoms with E-state index in [9.17, 15) is 4.79 Å². The highest BCUT2D eigenvalue weighted by molar-refractivity contribution is 5.96. The molecule has 0 radical (unpaired) electrons. The molecule has 0 saturated heterocycles. The van der Waals surface area contributed by atoms with Crippen LogP contribution in [0.15, 0.2) is 42.5 Å². The first-order valence-corrected chi connectivity index (χ1v) is 10.2. The molecule has 4 fully saturated rings. The first kappa shape index (κ1) is 16.2. The van der Waals surface area contributed by atoms with Crippen LogP contribution >= 0.6 is 0 Å². The zero-order valence-electron chi connectivity index (χ0n) is 15.5. The van der Waals surface area contributed by atoms with Crippen LogP contribution in [0, 0.1) is 17.8 Å². The van der Waals surface area contributed by atoms with Crippen molar-refractivity contribution in [3.8, 4) is 0 Å². The molecule has 0 aromatic heterocycles. The number of hydrogen-bond donors (Lipinski definition) is 2. The Morgan fingerprint density at radius 2 is 1.58 bits per heavy atom. The Labute approximate surface area is 155 Å². The number of hydrogen-bond acceptors (Lipinski definition) is 2. The van der Waals surface area contributed by atoms with Crippen molar-refractivity contribution in [2.24, 2.45) is 17.8 Å². The van der Waals surface area contributed by atoms with Gasteiger partial charge in [-0.1, -0.05) is 36.4 Å². The van der Waals surface area contributed by atoms with E-state index in [1.807, 2.05) is 19.1 Å². The maximum Gasteiger partial charge on any atom is 0.242 e. The molecule has 1 atom stereocenters. The van der Waals surface area contributed by atoms with E-state index in [1.54, 1.807) is 0 Å². The third kappa shape index (κ3) is 2.78. The summed E-state index contributed by atoms with van der Waals surface area (Å²) in [5.74, 6) is 2.70. The van der Waals surface area contributed by atoms with Gasteiger partial charge in [-0.15, -0.1) is 0 Å². The SMILES string of the molecule is C[C@H](Nc1cccc2ccccc12)C(=O)NC12CC3CC(CC(C3)C1)C2. The molecule has 0 unspecified atom stereocenters. The van der Waals surface area contributed by atoms with E-state index in [-0.39, 0.29) is 17.5 Å². The summed E-state index contributed by atoms with van der Waals surface area (Å²) in [6.07, 6.45) is 7.81. The highest BCUT2D eigenvalue weighted by Crippen LogP contribution is 2.55. The van der Waals surface area contributed by atoms with E-state index in [4.69, 9.17) is 0 Å². The van der Waals surface area contributed by atoms with E-state index in [0.717, 1.165) is 23.4 Å². The molecule has 2 aromatic rings. The van der Waals surface area contributed by atoms with Crippen molar-refractivity contribution < 1.29 is 4.79 Å². The molecule has 2 aromatic carbocycles. The van der Waals surface area contributed by atoms with Crippen molar-refractivity contribution in [2.45, 2.75) is 57.0 Å². The molecule has 4 aliphatic rings. The molecule has 2 N–H and O–H groups in total. The first-order chi connectivity index (χ1) is 12.6. The molecule has 3 nitrogen and oxygen atoms in total. The molecular formula is C23H28N2O. The van der Waals surface area contributed by atoms with Crippen molar-refractivity contribution in [2.75, 3.05) is 5.32 Å². The number of carbonyl (C=O) groups is 1. The van der Waals surface area contributed by atoms with Crippen LogP contribution in [0.2, 0.25) is 0 Å². The van der Waals surface area contributed by atoms with Crippen LogP contribution in [0.4, 0.5) is 5.69 Å². The van der Waals surface area contributed by atoms with Gasteiger partial charge in [-0.2, -0.15) is 0 Å². The van der Waals surface area contributed by atoms with Crippen molar-refractivity contribution in [1.82, 2.24) is 5.32 Å². The Balaban J connectivity index is 1.31. The average Bonchev–Trinajstić information content (AvgIpc) is 2.60. The van der Waals surface area contributed by atoms with Gasteiger partial charge in [0.25, 0.3) is 0 Å². The molecule has 0 spiro atoms. The quantitative estimate of drug-likeness (QED) is 0.839. The average molecular weight is 348 g/mol. The minimum Gasteiger partial charge on any atom is -0.373 e. The second kappa shape index (κ2) is 6.00. The molecule has 3 heteroatoms. The predicted octanol–water partition coefficient (Wildman–Crippen LogP) is 4.73. The maximum absolute atomic E-state index is 13.0. The first-order valence-electron chi connectivity index (χ1n) is 10.2. The third-order valence-corrected chi connectivity index (χ3v) is 6.98. The fourth-order valence-corrected chi connectivity index (χ4v) is 6.28. The van der Waals surface area contributed by atoms with Crippen LogP contribution in [-0.4, -0.2) is 17.5 Å². The van der Waals surface area contributed by atoms with E-state index in [0.29, 0.717) is 0 Å². The zero-order valence-corrected chi connectivity index (χ0v) is 15.5. The largest absolute Gasteiger partial charge is 0.373 e. The molecule has 0 aliphatic heterocycles. The van der Waals surface area contributed by atoms with Gasteiger partial charge in [0.1, 0.15) is 6.04 Å². The Kier molecular flexibility index (Phi) is 3.73. The second-order valence-corrected chi connectivity index (χ2v) is 9.08. The monoisotopic (exact) mass is 348 g/mol. The highest BCUT2D eigenvalue weighted by Gasteiger charge is 2.51. The summed E-state index contributed by atoms with van der Waals surface area (Å²) >= 11 is 0. The Morgan fingerprint density at radius 1 is 0.962 bits per heavy atom. The van der Waals surface area contributed by atoms with E-state index < -0.39 is 0 Å². The minimum absolute atomic E-state index is 0.0839. The standard InChI is InChI=1S/C23H28N2O/c1-15(24-21-8-4-6-19-5-2-3-7-20(19)21)22(26)25-23-12-16-9-17(13-23)11-18(10-16)14-23/h2-8,15-18,24H,9-14H2,1H3,(H,25,26)/t15-,16?,17?,18?,23?/m0/s1. The van der Waals surface area contributed by atoms with Gasteiger partial charge in [0.2, 0.25) is 5.91 Å². The summed E-state index contributed by atoms with van der Waals surface area (Å²) in [6, 6.07) is 14.3. The highest BCUT2D eigenvalue weighted by atomic mass is 16.2. The van der Waals surface area contributed by atoms with E-state index >= 15 is 0 Å². The van der Waals surface area contributed by atoms with Gasteiger partial charge in [-0.3, -0.25) is 4.79 Å². The van der Waals surface area contributed by atoms with E-state index in [1.165, 1.54) is 49.3 Å². The Bertz CT molecular complexity index is 802. The van der Waals surface area contributed by atoms with Crippen molar-refractivity contribution in [3.05, 3.63) is 42.5 Å². The number of fused-ring (bicyclic) bond motifs is 1. The number of rotatable bonds is 4. The molecule has 4 aliphatic carbocycles. The lowest BCUT2D eigenvalue weighted by atomic mass is 9.53. The van der Waals surface area contributed by atoms with Gasteiger partial charge in [0.05, 0.1) is 0 Å². The van der Waals surface area contributed by atoms with E-state index in [2.05, 4.69) is 41.0 Å². The molecule has 26 heavy (non-hydrogen) atoms. The number of carbonyl (C=O) groups excluding carboxylic acids is 1. The topological polar surface area (TPSA) is 41.1 Å². The number of amides is 1. The predicted molar refractivity (Wildman–Crippen MR) is 106 cm³/mol. The fourth-order valence-electron chi connectivity index (χ4n) is 6.28. The fraction of sp³-hybridized carbons (Fsp3) is 0.522. The lowest BCUT2D eigenvalue weighted by Crippen LogP contribution is -2.61. The lowest BCUT2D eigenvalue weighted by molar-refractivity contribution is -0.127. The third-order valence-electron chi connectivity index (χ3n) is 6.98. The zero-order chi connectivity index (χ0) is 17.7. The second-order valence-electron chi connectivity index (χ2n) is 9.08.